The van der Waals surface area contributed by atoms with Crippen LogP contribution in [0.15, 0.2) is 48.7 Å². The summed E-state index contributed by atoms with van der Waals surface area (Å²) in [6.07, 6.45) is 2.89. The summed E-state index contributed by atoms with van der Waals surface area (Å²) in [4.78, 5) is 18.5. The molecule has 1 aromatic carbocycles. The fourth-order valence-corrected chi connectivity index (χ4v) is 3.48. The Bertz CT molecular complexity index is 838. The average Bonchev–Trinajstić information content (AvgIpc) is 2.59. The van der Waals surface area contributed by atoms with Crippen LogP contribution in [0.1, 0.15) is 24.6 Å². The summed E-state index contributed by atoms with van der Waals surface area (Å²) in [6.45, 7) is 4.68. The summed E-state index contributed by atoms with van der Waals surface area (Å²) in [5.74, 6) is -0.104. The van der Waals surface area contributed by atoms with E-state index in [0.29, 0.717) is 12.2 Å². The smallest absolute Gasteiger partial charge is 0.228 e. The van der Waals surface area contributed by atoms with Crippen LogP contribution in [-0.2, 0) is 21.4 Å². The largest absolute Gasteiger partial charge is 0.313 e. The van der Waals surface area contributed by atoms with Crippen LogP contribution in [0.3, 0.4) is 0 Å². The van der Waals surface area contributed by atoms with Gasteiger partial charge in [-0.1, -0.05) is 18.2 Å². The highest BCUT2D eigenvalue weighted by atomic mass is 32.2. The molecule has 0 spiro atoms. The van der Waals surface area contributed by atoms with Gasteiger partial charge in [-0.05, 0) is 43.7 Å². The third-order valence-corrected chi connectivity index (χ3v) is 5.29. The number of carbonyl (C=O) groups is 1. The van der Waals surface area contributed by atoms with Crippen molar-refractivity contribution < 1.29 is 13.2 Å². The van der Waals surface area contributed by atoms with E-state index in [1.54, 1.807) is 23.2 Å². The van der Waals surface area contributed by atoms with E-state index in [0.717, 1.165) is 17.5 Å². The first-order valence-electron chi connectivity index (χ1n) is 8.53. The Hall–Kier alpha value is -2.25. The SMILES string of the molecule is CCN(C(=O)CCN(Cc1ccccn1)S(C)(=O)=O)c1cccc(C)c1. The standard InChI is InChI=1S/C19H25N3O3S/c1-4-22(18-10-7-8-16(2)14-18)19(23)11-13-21(26(3,24)25)15-17-9-5-6-12-20-17/h5-10,12,14H,4,11,13,15H2,1-3H3. The molecule has 6 nitrogen and oxygen atoms in total. The number of pyridine rings is 1. The minimum Gasteiger partial charge on any atom is -0.313 e. The zero-order valence-electron chi connectivity index (χ0n) is 15.4. The number of hydrogen-bond donors (Lipinski definition) is 0. The van der Waals surface area contributed by atoms with Gasteiger partial charge in [0.15, 0.2) is 0 Å². The lowest BCUT2D eigenvalue weighted by molar-refractivity contribution is -0.118. The number of hydrogen-bond acceptors (Lipinski definition) is 4. The van der Waals surface area contributed by atoms with Crippen molar-refractivity contribution in [1.29, 1.82) is 0 Å². The van der Waals surface area contributed by atoms with Crippen LogP contribution >= 0.6 is 0 Å². The van der Waals surface area contributed by atoms with Crippen LogP contribution in [0.25, 0.3) is 0 Å². The van der Waals surface area contributed by atoms with E-state index >= 15 is 0 Å². The number of aryl methyl sites for hydroxylation is 1. The average molecular weight is 375 g/mol. The summed E-state index contributed by atoms with van der Waals surface area (Å²) in [5, 5.41) is 0. The number of nitrogens with zero attached hydrogens (tertiary/aromatic N) is 3. The number of carbonyl (C=O) groups excluding carboxylic acids is 1. The van der Waals surface area contributed by atoms with Crippen molar-refractivity contribution in [2.24, 2.45) is 0 Å². The molecule has 0 aliphatic heterocycles. The normalized spacial score (nSPS) is 11.5. The summed E-state index contributed by atoms with van der Waals surface area (Å²) in [5.41, 5.74) is 2.55. The van der Waals surface area contributed by atoms with Gasteiger partial charge < -0.3 is 4.90 Å². The van der Waals surface area contributed by atoms with E-state index in [1.165, 1.54) is 4.31 Å². The lowest BCUT2D eigenvalue weighted by Gasteiger charge is -2.24. The molecule has 0 bridgehead atoms. The topological polar surface area (TPSA) is 70.6 Å². The molecular weight excluding hydrogens is 350 g/mol. The second-order valence-corrected chi connectivity index (χ2v) is 8.13. The molecule has 140 valence electrons. The van der Waals surface area contributed by atoms with Crippen molar-refractivity contribution in [3.8, 4) is 0 Å². The molecule has 0 fully saturated rings. The quantitative estimate of drug-likeness (QED) is 0.711. The van der Waals surface area contributed by atoms with E-state index in [9.17, 15) is 13.2 Å². The molecule has 0 aliphatic carbocycles. The minimum absolute atomic E-state index is 0.104. The fourth-order valence-electron chi connectivity index (χ4n) is 2.69. The maximum atomic E-state index is 12.7. The van der Waals surface area contributed by atoms with Gasteiger partial charge in [0, 0.05) is 31.4 Å². The highest BCUT2D eigenvalue weighted by Gasteiger charge is 2.21. The van der Waals surface area contributed by atoms with Crippen molar-refractivity contribution in [2.45, 2.75) is 26.8 Å². The molecule has 26 heavy (non-hydrogen) atoms. The van der Waals surface area contributed by atoms with E-state index in [4.69, 9.17) is 0 Å². The molecule has 0 aliphatic rings. The van der Waals surface area contributed by atoms with Gasteiger partial charge in [0.1, 0.15) is 0 Å². The summed E-state index contributed by atoms with van der Waals surface area (Å²) < 4.78 is 25.4. The lowest BCUT2D eigenvalue weighted by Crippen LogP contribution is -2.36. The van der Waals surface area contributed by atoms with Crippen LogP contribution in [0, 0.1) is 6.92 Å². The number of rotatable bonds is 8. The molecule has 1 amide bonds. The molecule has 1 heterocycles. The van der Waals surface area contributed by atoms with Crippen LogP contribution in [0.5, 0.6) is 0 Å². The van der Waals surface area contributed by atoms with Gasteiger partial charge in [0.2, 0.25) is 15.9 Å². The van der Waals surface area contributed by atoms with Crippen LogP contribution in [0.2, 0.25) is 0 Å². The van der Waals surface area contributed by atoms with Gasteiger partial charge in [-0.25, -0.2) is 8.42 Å². The van der Waals surface area contributed by atoms with Gasteiger partial charge in [-0.3, -0.25) is 9.78 Å². The maximum Gasteiger partial charge on any atom is 0.228 e. The molecular formula is C19H25N3O3S. The zero-order chi connectivity index (χ0) is 19.2. The van der Waals surface area contributed by atoms with Crippen LogP contribution in [0.4, 0.5) is 5.69 Å². The molecule has 2 rings (SSSR count). The van der Waals surface area contributed by atoms with Crippen molar-refractivity contribution in [3.05, 3.63) is 59.9 Å². The summed E-state index contributed by atoms with van der Waals surface area (Å²) in [7, 11) is -3.44. The Labute approximate surface area is 155 Å². The highest BCUT2D eigenvalue weighted by Crippen LogP contribution is 2.17. The number of aromatic nitrogens is 1. The van der Waals surface area contributed by atoms with E-state index in [2.05, 4.69) is 4.98 Å². The van der Waals surface area contributed by atoms with Gasteiger partial charge in [0.05, 0.1) is 18.5 Å². The van der Waals surface area contributed by atoms with Crippen LogP contribution in [-0.4, -0.2) is 43.0 Å². The summed E-state index contributed by atoms with van der Waals surface area (Å²) in [6, 6.07) is 13.1. The first kappa shape index (κ1) is 20.1. The molecule has 2 aromatic rings. The molecule has 0 saturated heterocycles. The third kappa shape index (κ3) is 5.64. The number of sulfonamides is 1. The highest BCUT2D eigenvalue weighted by molar-refractivity contribution is 7.88. The Morgan fingerprint density at radius 1 is 1.15 bits per heavy atom. The first-order chi connectivity index (χ1) is 12.3. The number of amides is 1. The first-order valence-corrected chi connectivity index (χ1v) is 10.4. The summed E-state index contributed by atoms with van der Waals surface area (Å²) >= 11 is 0. The Morgan fingerprint density at radius 3 is 2.50 bits per heavy atom. The molecule has 1 aromatic heterocycles. The molecule has 0 N–H and O–H groups in total. The number of benzene rings is 1. The Balaban J connectivity index is 2.08. The number of anilines is 1. The van der Waals surface area contributed by atoms with E-state index < -0.39 is 10.0 Å². The Morgan fingerprint density at radius 2 is 1.92 bits per heavy atom. The minimum atomic E-state index is -3.44. The Kier molecular flexibility index (Phi) is 6.88. The van der Waals surface area contributed by atoms with Crippen molar-refractivity contribution in [1.82, 2.24) is 9.29 Å². The van der Waals surface area contributed by atoms with Gasteiger partial charge in [0.25, 0.3) is 0 Å². The molecule has 0 saturated carbocycles. The van der Waals surface area contributed by atoms with Gasteiger partial charge in [-0.2, -0.15) is 4.31 Å². The maximum absolute atomic E-state index is 12.7. The predicted molar refractivity (Wildman–Crippen MR) is 103 cm³/mol. The predicted octanol–water partition coefficient (Wildman–Crippen LogP) is 2.59. The van der Waals surface area contributed by atoms with E-state index in [1.807, 2.05) is 44.2 Å². The van der Waals surface area contributed by atoms with E-state index in [-0.39, 0.29) is 25.4 Å². The van der Waals surface area contributed by atoms with Crippen LogP contribution < -0.4 is 4.90 Å². The second-order valence-electron chi connectivity index (χ2n) is 6.14. The van der Waals surface area contributed by atoms with Crippen molar-refractivity contribution >= 4 is 21.6 Å². The monoisotopic (exact) mass is 375 g/mol. The molecule has 0 unspecified atom stereocenters. The molecule has 0 radical (unpaired) electrons. The fraction of sp³-hybridized carbons (Fsp3) is 0.368. The molecule has 0 atom stereocenters. The lowest BCUT2D eigenvalue weighted by atomic mass is 10.2. The second kappa shape index (κ2) is 8.91. The van der Waals surface area contributed by atoms with Crippen molar-refractivity contribution in [2.75, 3.05) is 24.2 Å². The molecule has 7 heteroatoms. The van der Waals surface area contributed by atoms with Gasteiger partial charge >= 0.3 is 0 Å². The van der Waals surface area contributed by atoms with Crippen molar-refractivity contribution in [3.63, 3.8) is 0 Å². The zero-order valence-corrected chi connectivity index (χ0v) is 16.2. The van der Waals surface area contributed by atoms with Gasteiger partial charge in [-0.15, -0.1) is 0 Å². The third-order valence-electron chi connectivity index (χ3n) is 4.04.